The van der Waals surface area contributed by atoms with Crippen LogP contribution in [0.2, 0.25) is 0 Å². The highest BCUT2D eigenvalue weighted by molar-refractivity contribution is 9.10. The molecule has 3 rings (SSSR count). The summed E-state index contributed by atoms with van der Waals surface area (Å²) < 4.78 is 1.11. The molecule has 0 aliphatic carbocycles. The number of likely N-dealkylation sites (tertiary alicyclic amines) is 1. The molecule has 1 saturated heterocycles. The Morgan fingerprint density at radius 1 is 1.25 bits per heavy atom. The van der Waals surface area contributed by atoms with Crippen molar-refractivity contribution in [2.75, 3.05) is 13.1 Å². The zero-order valence-electron chi connectivity index (χ0n) is 12.2. The van der Waals surface area contributed by atoms with E-state index in [1.165, 1.54) is 30.5 Å². The minimum atomic E-state index is 0.363. The van der Waals surface area contributed by atoms with Crippen LogP contribution >= 0.6 is 15.9 Å². The standard InChI is InChI=1S/C17H21BrN2/c1-17(2)9-3-10-20(17)11-8-15-6-4-13-12-14(18)5-7-16(13)19-15/h4-7,12H,3,8-11H2,1-2H3. The van der Waals surface area contributed by atoms with E-state index in [0.29, 0.717) is 5.54 Å². The van der Waals surface area contributed by atoms with Crippen LogP contribution in [-0.2, 0) is 6.42 Å². The van der Waals surface area contributed by atoms with Crippen LogP contribution in [0.5, 0.6) is 0 Å². The molecule has 2 nitrogen and oxygen atoms in total. The molecule has 1 aromatic heterocycles. The Bertz CT molecular complexity index is 621. The van der Waals surface area contributed by atoms with E-state index in [1.807, 2.05) is 0 Å². The zero-order valence-corrected chi connectivity index (χ0v) is 13.8. The van der Waals surface area contributed by atoms with Crippen molar-refractivity contribution in [3.8, 4) is 0 Å². The van der Waals surface area contributed by atoms with Gasteiger partial charge < -0.3 is 0 Å². The van der Waals surface area contributed by atoms with Crippen molar-refractivity contribution in [3.05, 3.63) is 40.5 Å². The molecule has 1 aliphatic rings. The van der Waals surface area contributed by atoms with Gasteiger partial charge in [-0.1, -0.05) is 22.0 Å². The summed E-state index contributed by atoms with van der Waals surface area (Å²) in [5.74, 6) is 0. The minimum Gasteiger partial charge on any atom is -0.298 e. The Balaban J connectivity index is 1.73. The Kier molecular flexibility index (Phi) is 3.83. The van der Waals surface area contributed by atoms with Crippen LogP contribution in [0.15, 0.2) is 34.8 Å². The second kappa shape index (κ2) is 5.45. The first kappa shape index (κ1) is 14.0. The third-order valence-electron chi connectivity index (χ3n) is 4.42. The number of benzene rings is 1. The summed E-state index contributed by atoms with van der Waals surface area (Å²) in [6.45, 7) is 7.05. The first-order valence-electron chi connectivity index (χ1n) is 7.35. The maximum Gasteiger partial charge on any atom is 0.0706 e. The van der Waals surface area contributed by atoms with Crippen molar-refractivity contribution < 1.29 is 0 Å². The van der Waals surface area contributed by atoms with Crippen LogP contribution in [0.3, 0.4) is 0 Å². The summed E-state index contributed by atoms with van der Waals surface area (Å²) in [6.07, 6.45) is 3.67. The van der Waals surface area contributed by atoms with E-state index in [1.54, 1.807) is 0 Å². The Morgan fingerprint density at radius 2 is 2.10 bits per heavy atom. The fourth-order valence-corrected chi connectivity index (χ4v) is 3.48. The van der Waals surface area contributed by atoms with Gasteiger partial charge in [0.2, 0.25) is 0 Å². The maximum atomic E-state index is 4.78. The van der Waals surface area contributed by atoms with Gasteiger partial charge >= 0.3 is 0 Å². The number of aromatic nitrogens is 1. The molecule has 3 heteroatoms. The molecule has 0 radical (unpaired) electrons. The average Bonchev–Trinajstić information content (AvgIpc) is 2.75. The topological polar surface area (TPSA) is 16.1 Å². The lowest BCUT2D eigenvalue weighted by atomic mass is 10.0. The number of hydrogen-bond donors (Lipinski definition) is 0. The summed E-state index contributed by atoms with van der Waals surface area (Å²) in [4.78, 5) is 7.38. The molecule has 0 amide bonds. The van der Waals surface area contributed by atoms with E-state index in [4.69, 9.17) is 4.98 Å². The fourth-order valence-electron chi connectivity index (χ4n) is 3.11. The summed E-state index contributed by atoms with van der Waals surface area (Å²) in [7, 11) is 0. The van der Waals surface area contributed by atoms with Gasteiger partial charge in [0.25, 0.3) is 0 Å². The molecule has 1 aromatic carbocycles. The van der Waals surface area contributed by atoms with Crippen molar-refractivity contribution in [2.45, 2.75) is 38.6 Å². The molecule has 2 aromatic rings. The first-order chi connectivity index (χ1) is 9.54. The predicted octanol–water partition coefficient (Wildman–Crippen LogP) is 4.41. The monoisotopic (exact) mass is 332 g/mol. The van der Waals surface area contributed by atoms with Crippen LogP contribution in [0.4, 0.5) is 0 Å². The third-order valence-corrected chi connectivity index (χ3v) is 4.91. The Hall–Kier alpha value is -0.930. The molecule has 0 saturated carbocycles. The number of rotatable bonds is 3. The maximum absolute atomic E-state index is 4.78. The molecule has 0 unspecified atom stereocenters. The van der Waals surface area contributed by atoms with E-state index >= 15 is 0 Å². The highest BCUT2D eigenvalue weighted by Crippen LogP contribution is 2.28. The molecule has 0 spiro atoms. The molecule has 106 valence electrons. The van der Waals surface area contributed by atoms with Gasteiger partial charge in [0.15, 0.2) is 0 Å². The normalized spacial score (nSPS) is 18.8. The summed E-state index contributed by atoms with van der Waals surface area (Å²) in [5.41, 5.74) is 2.65. The molecular weight excluding hydrogens is 312 g/mol. The molecule has 0 N–H and O–H groups in total. The smallest absolute Gasteiger partial charge is 0.0706 e. The molecule has 1 aliphatic heterocycles. The molecule has 2 heterocycles. The lowest BCUT2D eigenvalue weighted by Gasteiger charge is -2.31. The van der Waals surface area contributed by atoms with Gasteiger partial charge in [-0.2, -0.15) is 0 Å². The molecule has 20 heavy (non-hydrogen) atoms. The molecular formula is C17H21BrN2. The van der Waals surface area contributed by atoms with Gasteiger partial charge in [0, 0.05) is 34.1 Å². The summed E-state index contributed by atoms with van der Waals surface area (Å²) in [5, 5.41) is 1.20. The van der Waals surface area contributed by atoms with E-state index in [9.17, 15) is 0 Å². The SMILES string of the molecule is CC1(C)CCCN1CCc1ccc2cc(Br)ccc2n1. The second-order valence-electron chi connectivity index (χ2n) is 6.29. The van der Waals surface area contributed by atoms with Gasteiger partial charge in [-0.3, -0.25) is 9.88 Å². The highest BCUT2D eigenvalue weighted by atomic mass is 79.9. The van der Waals surface area contributed by atoms with Crippen molar-refractivity contribution in [1.82, 2.24) is 9.88 Å². The number of hydrogen-bond acceptors (Lipinski definition) is 2. The van der Waals surface area contributed by atoms with Crippen molar-refractivity contribution in [3.63, 3.8) is 0 Å². The van der Waals surface area contributed by atoms with Crippen molar-refractivity contribution >= 4 is 26.8 Å². The van der Waals surface area contributed by atoms with Crippen LogP contribution in [-0.4, -0.2) is 28.5 Å². The molecule has 0 bridgehead atoms. The Labute approximate surface area is 129 Å². The number of nitrogens with zero attached hydrogens (tertiary/aromatic N) is 2. The lowest BCUT2D eigenvalue weighted by molar-refractivity contribution is 0.177. The molecule has 0 atom stereocenters. The van der Waals surface area contributed by atoms with E-state index < -0.39 is 0 Å². The number of fused-ring (bicyclic) bond motifs is 1. The van der Waals surface area contributed by atoms with E-state index in [-0.39, 0.29) is 0 Å². The molecule has 1 fully saturated rings. The van der Waals surface area contributed by atoms with Crippen LogP contribution in [0, 0.1) is 0 Å². The van der Waals surface area contributed by atoms with Gasteiger partial charge in [-0.15, -0.1) is 0 Å². The zero-order chi connectivity index (χ0) is 14.2. The van der Waals surface area contributed by atoms with Crippen molar-refractivity contribution in [1.29, 1.82) is 0 Å². The second-order valence-corrected chi connectivity index (χ2v) is 7.21. The average molecular weight is 333 g/mol. The fraction of sp³-hybridized carbons (Fsp3) is 0.471. The minimum absolute atomic E-state index is 0.363. The third kappa shape index (κ3) is 2.89. The van der Waals surface area contributed by atoms with Crippen LogP contribution in [0.25, 0.3) is 10.9 Å². The first-order valence-corrected chi connectivity index (χ1v) is 8.14. The summed E-state index contributed by atoms with van der Waals surface area (Å²) in [6, 6.07) is 10.6. The largest absolute Gasteiger partial charge is 0.298 e. The lowest BCUT2D eigenvalue weighted by Crippen LogP contribution is -2.39. The Morgan fingerprint density at radius 3 is 2.85 bits per heavy atom. The highest BCUT2D eigenvalue weighted by Gasteiger charge is 2.31. The number of halogens is 1. The van der Waals surface area contributed by atoms with Crippen molar-refractivity contribution in [2.24, 2.45) is 0 Å². The number of pyridine rings is 1. The summed E-state index contributed by atoms with van der Waals surface area (Å²) >= 11 is 3.50. The van der Waals surface area contributed by atoms with Crippen LogP contribution < -0.4 is 0 Å². The van der Waals surface area contributed by atoms with Gasteiger partial charge in [0.05, 0.1) is 5.52 Å². The van der Waals surface area contributed by atoms with Gasteiger partial charge in [-0.25, -0.2) is 0 Å². The van der Waals surface area contributed by atoms with E-state index in [2.05, 4.69) is 65.0 Å². The quantitative estimate of drug-likeness (QED) is 0.827. The predicted molar refractivity (Wildman–Crippen MR) is 88.0 cm³/mol. The van der Waals surface area contributed by atoms with E-state index in [0.717, 1.165) is 23.0 Å². The van der Waals surface area contributed by atoms with Gasteiger partial charge in [0.1, 0.15) is 0 Å². The van der Waals surface area contributed by atoms with Gasteiger partial charge in [-0.05, 0) is 57.5 Å². The van der Waals surface area contributed by atoms with Crippen LogP contribution in [0.1, 0.15) is 32.4 Å².